The van der Waals surface area contributed by atoms with Crippen LogP contribution in [0.2, 0.25) is 5.02 Å². The molecule has 1 aromatic heterocycles. The standard InChI is InChI=1S/C24H21ClN2O2S2/c1-23(2)15-27(21(28)20-12-7-13-30-20)24(31-23)17-9-4-6-11-19(17)26(22(24)29)14-16-8-3-5-10-18(16)25/h3-13H,14-15H2,1-2H3/t24-/m0/s1. The van der Waals surface area contributed by atoms with Gasteiger partial charge in [0.1, 0.15) is 0 Å². The number of hydrogen-bond donors (Lipinski definition) is 0. The molecule has 0 aliphatic carbocycles. The third kappa shape index (κ3) is 3.20. The Morgan fingerprint density at radius 3 is 2.55 bits per heavy atom. The van der Waals surface area contributed by atoms with E-state index in [2.05, 4.69) is 13.8 Å². The maximum Gasteiger partial charge on any atom is 0.268 e. The lowest BCUT2D eigenvalue weighted by molar-refractivity contribution is -0.123. The van der Waals surface area contributed by atoms with Gasteiger partial charge in [-0.15, -0.1) is 23.1 Å². The van der Waals surface area contributed by atoms with E-state index in [9.17, 15) is 9.59 Å². The highest BCUT2D eigenvalue weighted by molar-refractivity contribution is 8.02. The number of thiophene rings is 1. The molecule has 5 rings (SSSR count). The molecule has 2 aliphatic rings. The van der Waals surface area contributed by atoms with Gasteiger partial charge in [0.15, 0.2) is 4.87 Å². The number of benzene rings is 2. The Morgan fingerprint density at radius 1 is 1.06 bits per heavy atom. The topological polar surface area (TPSA) is 40.6 Å². The van der Waals surface area contributed by atoms with Gasteiger partial charge in [-0.3, -0.25) is 9.59 Å². The predicted molar refractivity (Wildman–Crippen MR) is 128 cm³/mol. The number of anilines is 1. The number of hydrogen-bond acceptors (Lipinski definition) is 4. The van der Waals surface area contributed by atoms with Crippen LogP contribution in [0.3, 0.4) is 0 Å². The molecule has 2 aliphatic heterocycles. The molecule has 0 saturated carbocycles. The van der Waals surface area contributed by atoms with Crippen molar-refractivity contribution >= 4 is 52.2 Å². The van der Waals surface area contributed by atoms with Crippen molar-refractivity contribution in [3.63, 3.8) is 0 Å². The first-order valence-electron chi connectivity index (χ1n) is 10.0. The molecule has 0 unspecified atom stereocenters. The van der Waals surface area contributed by atoms with Crippen LogP contribution in [0.5, 0.6) is 0 Å². The van der Waals surface area contributed by atoms with Crippen molar-refractivity contribution < 1.29 is 9.59 Å². The smallest absolute Gasteiger partial charge is 0.268 e. The minimum absolute atomic E-state index is 0.0888. The lowest BCUT2D eigenvalue weighted by Gasteiger charge is -2.33. The van der Waals surface area contributed by atoms with Crippen LogP contribution in [0, 0.1) is 0 Å². The summed E-state index contributed by atoms with van der Waals surface area (Å²) in [6.45, 7) is 5.04. The van der Waals surface area contributed by atoms with Crippen molar-refractivity contribution in [3.8, 4) is 0 Å². The Labute approximate surface area is 194 Å². The molecular weight excluding hydrogens is 448 g/mol. The van der Waals surface area contributed by atoms with E-state index in [1.807, 2.05) is 66.0 Å². The molecule has 1 atom stereocenters. The molecule has 1 spiro atoms. The van der Waals surface area contributed by atoms with Gasteiger partial charge in [0.05, 0.1) is 17.1 Å². The quantitative estimate of drug-likeness (QED) is 0.490. The lowest BCUT2D eigenvalue weighted by atomic mass is 10.0. The fraction of sp³-hybridized carbons (Fsp3) is 0.250. The number of carbonyl (C=O) groups is 2. The van der Waals surface area contributed by atoms with Crippen molar-refractivity contribution in [2.45, 2.75) is 30.0 Å². The van der Waals surface area contributed by atoms with Crippen molar-refractivity contribution in [2.75, 3.05) is 11.4 Å². The van der Waals surface area contributed by atoms with Crippen molar-refractivity contribution in [1.29, 1.82) is 0 Å². The summed E-state index contributed by atoms with van der Waals surface area (Å²) in [6, 6.07) is 19.1. The summed E-state index contributed by atoms with van der Waals surface area (Å²) < 4.78 is -0.268. The van der Waals surface area contributed by atoms with Crippen molar-refractivity contribution in [3.05, 3.63) is 87.1 Å². The summed E-state index contributed by atoms with van der Waals surface area (Å²) in [5.41, 5.74) is 2.58. The molecule has 7 heteroatoms. The first-order chi connectivity index (χ1) is 14.8. The van der Waals surface area contributed by atoms with Crippen LogP contribution in [0.15, 0.2) is 66.0 Å². The highest BCUT2D eigenvalue weighted by Crippen LogP contribution is 2.60. The Bertz CT molecular complexity index is 1180. The van der Waals surface area contributed by atoms with Crippen LogP contribution in [-0.2, 0) is 16.2 Å². The molecule has 0 radical (unpaired) electrons. The summed E-state index contributed by atoms with van der Waals surface area (Å²) >= 11 is 9.39. The second-order valence-electron chi connectivity index (χ2n) is 8.37. The summed E-state index contributed by atoms with van der Waals surface area (Å²) in [7, 11) is 0. The van der Waals surface area contributed by atoms with E-state index in [1.165, 1.54) is 11.3 Å². The molecule has 3 heterocycles. The average Bonchev–Trinajstić information content (AvgIpc) is 3.43. The maximum atomic E-state index is 14.1. The van der Waals surface area contributed by atoms with E-state index in [0.29, 0.717) is 23.0 Å². The monoisotopic (exact) mass is 468 g/mol. The predicted octanol–water partition coefficient (Wildman–Crippen LogP) is 5.77. The Kier molecular flexibility index (Phi) is 4.92. The third-order valence-electron chi connectivity index (χ3n) is 5.70. The second kappa shape index (κ2) is 7.40. The van der Waals surface area contributed by atoms with Gasteiger partial charge in [-0.2, -0.15) is 0 Å². The average molecular weight is 469 g/mol. The summed E-state index contributed by atoms with van der Waals surface area (Å²) in [4.78, 5) is 30.8. The van der Waals surface area contributed by atoms with Gasteiger partial charge >= 0.3 is 0 Å². The second-order valence-corrected chi connectivity index (χ2v) is 11.6. The number of nitrogens with zero attached hydrogens (tertiary/aromatic N) is 2. The minimum Gasteiger partial charge on any atom is -0.309 e. The van der Waals surface area contributed by atoms with Gasteiger partial charge < -0.3 is 9.80 Å². The lowest BCUT2D eigenvalue weighted by Crippen LogP contribution is -2.50. The fourth-order valence-electron chi connectivity index (χ4n) is 4.44. The number of rotatable bonds is 3. The van der Waals surface area contributed by atoms with Crippen molar-refractivity contribution in [1.82, 2.24) is 4.90 Å². The number of amides is 2. The molecule has 158 valence electrons. The zero-order valence-electron chi connectivity index (χ0n) is 17.2. The zero-order chi connectivity index (χ0) is 21.8. The van der Waals surface area contributed by atoms with Gasteiger partial charge in [0, 0.05) is 21.9 Å². The number of thioether (sulfide) groups is 1. The highest BCUT2D eigenvalue weighted by Gasteiger charge is 2.63. The largest absolute Gasteiger partial charge is 0.309 e. The van der Waals surface area contributed by atoms with Crippen LogP contribution in [0.1, 0.15) is 34.6 Å². The van der Waals surface area contributed by atoms with E-state index >= 15 is 0 Å². The van der Waals surface area contributed by atoms with Crippen LogP contribution >= 0.6 is 34.7 Å². The number of carbonyl (C=O) groups excluding carboxylic acids is 2. The normalized spacial score (nSPS) is 21.7. The van der Waals surface area contributed by atoms with Gasteiger partial charge in [-0.25, -0.2) is 0 Å². The molecule has 0 N–H and O–H groups in total. The SMILES string of the molecule is CC1(C)CN(C(=O)c2cccs2)[C@@]2(S1)C(=O)N(Cc1ccccc1Cl)c1ccccc12. The molecule has 2 amide bonds. The van der Waals surface area contributed by atoms with E-state index in [0.717, 1.165) is 16.8 Å². The summed E-state index contributed by atoms with van der Waals surface area (Å²) in [5.74, 6) is -0.190. The third-order valence-corrected chi connectivity index (χ3v) is 8.52. The van der Waals surface area contributed by atoms with E-state index in [1.54, 1.807) is 21.6 Å². The molecule has 2 aromatic carbocycles. The van der Waals surface area contributed by atoms with Crippen LogP contribution < -0.4 is 4.90 Å². The Balaban J connectivity index is 1.64. The molecular formula is C24H21ClN2O2S2. The molecule has 1 fully saturated rings. The maximum absolute atomic E-state index is 14.1. The number of para-hydroxylation sites is 1. The first kappa shape index (κ1) is 20.6. The first-order valence-corrected chi connectivity index (χ1v) is 12.1. The van der Waals surface area contributed by atoms with Crippen LogP contribution in [0.4, 0.5) is 5.69 Å². The molecule has 31 heavy (non-hydrogen) atoms. The van der Waals surface area contributed by atoms with Gasteiger partial charge in [0.25, 0.3) is 11.8 Å². The Morgan fingerprint density at radius 2 is 1.81 bits per heavy atom. The minimum atomic E-state index is -1.08. The van der Waals surface area contributed by atoms with Gasteiger partial charge in [-0.05, 0) is 43.0 Å². The van der Waals surface area contributed by atoms with Gasteiger partial charge in [0.2, 0.25) is 0 Å². The number of fused-ring (bicyclic) bond motifs is 2. The number of halogens is 1. The fourth-order valence-corrected chi connectivity index (χ4v) is 7.04. The molecule has 0 bridgehead atoms. The van der Waals surface area contributed by atoms with Crippen molar-refractivity contribution in [2.24, 2.45) is 0 Å². The Hall–Kier alpha value is -2.28. The van der Waals surface area contributed by atoms with Crippen LogP contribution in [0.25, 0.3) is 0 Å². The van der Waals surface area contributed by atoms with E-state index in [4.69, 9.17) is 11.6 Å². The van der Waals surface area contributed by atoms with Crippen LogP contribution in [-0.4, -0.2) is 28.0 Å². The van der Waals surface area contributed by atoms with E-state index < -0.39 is 4.87 Å². The molecule has 1 saturated heterocycles. The molecule has 4 nitrogen and oxygen atoms in total. The zero-order valence-corrected chi connectivity index (χ0v) is 19.6. The van der Waals surface area contributed by atoms with E-state index in [-0.39, 0.29) is 16.6 Å². The highest BCUT2D eigenvalue weighted by atomic mass is 35.5. The summed E-state index contributed by atoms with van der Waals surface area (Å²) in [5, 5.41) is 2.52. The molecule has 3 aromatic rings. The summed E-state index contributed by atoms with van der Waals surface area (Å²) in [6.07, 6.45) is 0. The van der Waals surface area contributed by atoms with Gasteiger partial charge in [-0.1, -0.05) is 54.1 Å².